The number of nitrogens with zero attached hydrogens (tertiary/aromatic N) is 2. The summed E-state index contributed by atoms with van der Waals surface area (Å²) in [5.74, 6) is -0.983. The van der Waals surface area contributed by atoms with Gasteiger partial charge in [0.15, 0.2) is 0 Å². The van der Waals surface area contributed by atoms with Crippen molar-refractivity contribution in [2.24, 2.45) is 0 Å². The third-order valence-corrected chi connectivity index (χ3v) is 5.66. The van der Waals surface area contributed by atoms with E-state index < -0.39 is 17.7 Å². The van der Waals surface area contributed by atoms with E-state index in [1.165, 1.54) is 17.3 Å². The molecule has 174 valence electrons. The topological polar surface area (TPSA) is 89.0 Å². The SMILES string of the molecule is COCCCN1C(=O)C(=O)/C(=C(\O)c2ccncc2)C1c1cccc(OCc2ccccc2)c1. The highest BCUT2D eigenvalue weighted by Gasteiger charge is 2.45. The molecule has 1 unspecified atom stereocenters. The molecule has 34 heavy (non-hydrogen) atoms. The molecule has 1 atom stereocenters. The first kappa shape index (κ1) is 23.2. The van der Waals surface area contributed by atoms with Crippen LogP contribution in [0.1, 0.15) is 29.2 Å². The zero-order valence-electron chi connectivity index (χ0n) is 18.9. The van der Waals surface area contributed by atoms with Gasteiger partial charge >= 0.3 is 0 Å². The van der Waals surface area contributed by atoms with Crippen LogP contribution in [-0.2, 0) is 20.9 Å². The van der Waals surface area contributed by atoms with Crippen LogP contribution in [0.4, 0.5) is 0 Å². The quantitative estimate of drug-likeness (QED) is 0.225. The summed E-state index contributed by atoms with van der Waals surface area (Å²) < 4.78 is 11.1. The summed E-state index contributed by atoms with van der Waals surface area (Å²) in [4.78, 5) is 31.5. The van der Waals surface area contributed by atoms with Gasteiger partial charge in [-0.3, -0.25) is 14.6 Å². The number of Topliss-reactive ketones (excluding diaryl/α,β-unsaturated/α-hetero) is 1. The lowest BCUT2D eigenvalue weighted by molar-refractivity contribution is -0.140. The highest BCUT2D eigenvalue weighted by molar-refractivity contribution is 6.46. The molecule has 0 radical (unpaired) electrons. The summed E-state index contributed by atoms with van der Waals surface area (Å²) in [5, 5.41) is 11.0. The van der Waals surface area contributed by atoms with Gasteiger partial charge in [0, 0.05) is 38.2 Å². The Labute approximate surface area is 198 Å². The van der Waals surface area contributed by atoms with Crippen molar-refractivity contribution in [3.63, 3.8) is 0 Å². The third-order valence-electron chi connectivity index (χ3n) is 5.66. The Kier molecular flexibility index (Phi) is 7.34. The Bertz CT molecular complexity index is 1180. The van der Waals surface area contributed by atoms with Crippen molar-refractivity contribution in [3.05, 3.63) is 101 Å². The Hall–Kier alpha value is -3.97. The number of likely N-dealkylation sites (tertiary alicyclic amines) is 1. The number of carbonyl (C=O) groups excluding carboxylic acids is 2. The number of ether oxygens (including phenoxy) is 2. The fraction of sp³-hybridized carbons (Fsp3) is 0.222. The standard InChI is InChI=1S/C27H26N2O5/c1-33-16-6-15-29-24(23(26(31)27(29)32)25(30)20-11-13-28-14-12-20)21-9-5-10-22(17-21)34-18-19-7-3-2-4-8-19/h2-5,7-14,17,24,30H,6,15-16,18H2,1H3/b25-23-. The predicted octanol–water partition coefficient (Wildman–Crippen LogP) is 4.12. The first-order valence-electron chi connectivity index (χ1n) is 11.0. The minimum Gasteiger partial charge on any atom is -0.507 e. The molecule has 3 aromatic rings. The number of carbonyl (C=O) groups is 2. The maximum atomic E-state index is 13.1. The first-order valence-corrected chi connectivity index (χ1v) is 11.0. The molecule has 7 heteroatoms. The maximum Gasteiger partial charge on any atom is 0.295 e. The van der Waals surface area contributed by atoms with Gasteiger partial charge < -0.3 is 19.5 Å². The smallest absolute Gasteiger partial charge is 0.295 e. The molecule has 1 aliphatic rings. The van der Waals surface area contributed by atoms with E-state index in [-0.39, 0.29) is 11.3 Å². The fourth-order valence-corrected chi connectivity index (χ4v) is 4.02. The number of methoxy groups -OCH3 is 1. The summed E-state index contributed by atoms with van der Waals surface area (Å²) >= 11 is 0. The van der Waals surface area contributed by atoms with Crippen LogP contribution in [0.3, 0.4) is 0 Å². The molecular weight excluding hydrogens is 432 g/mol. The number of aliphatic hydroxyl groups is 1. The molecule has 2 aromatic carbocycles. The normalized spacial score (nSPS) is 17.2. The van der Waals surface area contributed by atoms with E-state index in [1.807, 2.05) is 54.6 Å². The number of aliphatic hydroxyl groups excluding tert-OH is 1. The van der Waals surface area contributed by atoms with E-state index >= 15 is 0 Å². The number of ketones is 1. The number of hydrogen-bond acceptors (Lipinski definition) is 6. The Morgan fingerprint density at radius 2 is 1.79 bits per heavy atom. The first-order chi connectivity index (χ1) is 16.6. The van der Waals surface area contributed by atoms with Crippen molar-refractivity contribution >= 4 is 17.4 Å². The molecule has 0 saturated carbocycles. The molecule has 4 rings (SSSR count). The van der Waals surface area contributed by atoms with Crippen LogP contribution in [0.2, 0.25) is 0 Å². The van der Waals surface area contributed by atoms with Crippen molar-refractivity contribution < 1.29 is 24.2 Å². The lowest BCUT2D eigenvalue weighted by Gasteiger charge is -2.25. The number of pyridine rings is 1. The summed E-state index contributed by atoms with van der Waals surface area (Å²) in [6.45, 7) is 1.14. The Morgan fingerprint density at radius 3 is 2.53 bits per heavy atom. The van der Waals surface area contributed by atoms with Gasteiger partial charge in [-0.25, -0.2) is 0 Å². The average Bonchev–Trinajstić information content (AvgIpc) is 3.13. The van der Waals surface area contributed by atoms with Crippen LogP contribution in [-0.4, -0.2) is 46.9 Å². The van der Waals surface area contributed by atoms with Crippen LogP contribution in [0.15, 0.2) is 84.7 Å². The lowest BCUT2D eigenvalue weighted by atomic mass is 9.95. The summed E-state index contributed by atoms with van der Waals surface area (Å²) in [5.41, 5.74) is 2.18. The second-order valence-electron chi connectivity index (χ2n) is 7.92. The second kappa shape index (κ2) is 10.8. The monoisotopic (exact) mass is 458 g/mol. The third kappa shape index (κ3) is 5.00. The van der Waals surface area contributed by atoms with Crippen molar-refractivity contribution in [3.8, 4) is 5.75 Å². The minimum absolute atomic E-state index is 0.0498. The van der Waals surface area contributed by atoms with Crippen LogP contribution < -0.4 is 4.74 Å². The minimum atomic E-state index is -0.745. The van der Waals surface area contributed by atoms with Crippen molar-refractivity contribution in [1.82, 2.24) is 9.88 Å². The van der Waals surface area contributed by atoms with E-state index in [1.54, 1.807) is 19.2 Å². The molecule has 0 bridgehead atoms. The van der Waals surface area contributed by atoms with Gasteiger partial charge in [0.05, 0.1) is 11.6 Å². The molecule has 1 fully saturated rings. The molecular formula is C27H26N2O5. The number of amides is 1. The maximum absolute atomic E-state index is 13.1. The van der Waals surface area contributed by atoms with Crippen molar-refractivity contribution in [2.45, 2.75) is 19.1 Å². The van der Waals surface area contributed by atoms with Gasteiger partial charge in [-0.2, -0.15) is 0 Å². The van der Waals surface area contributed by atoms with Gasteiger partial charge in [0.25, 0.3) is 11.7 Å². The van der Waals surface area contributed by atoms with E-state index in [9.17, 15) is 14.7 Å². The predicted molar refractivity (Wildman–Crippen MR) is 127 cm³/mol. The Balaban J connectivity index is 1.71. The molecule has 1 saturated heterocycles. The highest BCUT2D eigenvalue weighted by atomic mass is 16.5. The number of rotatable bonds is 9. The Morgan fingerprint density at radius 1 is 1.03 bits per heavy atom. The van der Waals surface area contributed by atoms with Crippen molar-refractivity contribution in [2.75, 3.05) is 20.3 Å². The van der Waals surface area contributed by atoms with Gasteiger partial charge in [0.2, 0.25) is 0 Å². The fourth-order valence-electron chi connectivity index (χ4n) is 4.02. The van der Waals surface area contributed by atoms with E-state index in [4.69, 9.17) is 9.47 Å². The van der Waals surface area contributed by atoms with E-state index in [0.29, 0.717) is 43.1 Å². The molecule has 7 nitrogen and oxygen atoms in total. The number of hydrogen-bond donors (Lipinski definition) is 1. The van der Waals surface area contributed by atoms with Gasteiger partial charge in [-0.15, -0.1) is 0 Å². The zero-order valence-corrected chi connectivity index (χ0v) is 18.9. The average molecular weight is 459 g/mol. The van der Waals surface area contributed by atoms with Crippen LogP contribution in [0, 0.1) is 0 Å². The largest absolute Gasteiger partial charge is 0.507 e. The lowest BCUT2D eigenvalue weighted by Crippen LogP contribution is -2.31. The van der Waals surface area contributed by atoms with E-state index in [2.05, 4.69) is 4.98 Å². The van der Waals surface area contributed by atoms with Crippen LogP contribution in [0.25, 0.3) is 5.76 Å². The number of aromatic nitrogens is 1. The van der Waals surface area contributed by atoms with Gasteiger partial charge in [-0.05, 0) is 41.8 Å². The molecule has 1 aromatic heterocycles. The van der Waals surface area contributed by atoms with E-state index in [0.717, 1.165) is 5.56 Å². The number of benzene rings is 2. The van der Waals surface area contributed by atoms with Crippen LogP contribution in [0.5, 0.6) is 5.75 Å². The molecule has 0 spiro atoms. The molecule has 1 aliphatic heterocycles. The molecule has 0 aliphatic carbocycles. The summed E-state index contributed by atoms with van der Waals surface area (Å²) in [6.07, 6.45) is 3.60. The molecule has 1 N–H and O–H groups in total. The van der Waals surface area contributed by atoms with Gasteiger partial charge in [0.1, 0.15) is 18.1 Å². The van der Waals surface area contributed by atoms with Gasteiger partial charge in [-0.1, -0.05) is 42.5 Å². The summed E-state index contributed by atoms with van der Waals surface area (Å²) in [7, 11) is 1.59. The van der Waals surface area contributed by atoms with Crippen LogP contribution >= 0.6 is 0 Å². The second-order valence-corrected chi connectivity index (χ2v) is 7.92. The molecule has 1 amide bonds. The zero-order chi connectivity index (χ0) is 23.9. The highest BCUT2D eigenvalue weighted by Crippen LogP contribution is 2.40. The summed E-state index contributed by atoms with van der Waals surface area (Å²) in [6, 6.07) is 19.5. The van der Waals surface area contributed by atoms with Crippen molar-refractivity contribution in [1.29, 1.82) is 0 Å². The molecule has 2 heterocycles.